The van der Waals surface area contributed by atoms with E-state index in [-0.39, 0.29) is 0 Å². The van der Waals surface area contributed by atoms with Crippen molar-refractivity contribution in [3.8, 4) is 0 Å². The molecule has 0 bridgehead atoms. The Labute approximate surface area is 120 Å². The lowest BCUT2D eigenvalue weighted by Gasteiger charge is -2.30. The first-order chi connectivity index (χ1) is 9.69. The van der Waals surface area contributed by atoms with Gasteiger partial charge in [-0.1, -0.05) is 6.92 Å². The van der Waals surface area contributed by atoms with E-state index >= 15 is 0 Å². The summed E-state index contributed by atoms with van der Waals surface area (Å²) in [5.41, 5.74) is 2.65. The second-order valence-corrected chi connectivity index (χ2v) is 5.33. The summed E-state index contributed by atoms with van der Waals surface area (Å²) < 4.78 is 5.21. The number of anilines is 2. The smallest absolute Gasteiger partial charge is 0.145 e. The fraction of sp³-hybridized carbons (Fsp3) is 0.714. The number of nitrogens with two attached hydrogens (primary N) is 1. The predicted octanol–water partition coefficient (Wildman–Crippen LogP) is 1.89. The highest BCUT2D eigenvalue weighted by molar-refractivity contribution is 5.50. The molecule has 2 rings (SSSR count). The van der Waals surface area contributed by atoms with Crippen molar-refractivity contribution in [2.45, 2.75) is 45.1 Å². The van der Waals surface area contributed by atoms with Crippen molar-refractivity contribution in [2.75, 3.05) is 30.6 Å². The molecule has 1 aliphatic carbocycles. The molecule has 112 valence electrons. The van der Waals surface area contributed by atoms with Crippen LogP contribution in [0.4, 0.5) is 11.6 Å². The number of ether oxygens (including phenoxy) is 1. The fourth-order valence-corrected chi connectivity index (χ4v) is 2.17. The van der Waals surface area contributed by atoms with Crippen LogP contribution in [0.15, 0.2) is 6.07 Å². The van der Waals surface area contributed by atoms with Gasteiger partial charge in [0.25, 0.3) is 0 Å². The van der Waals surface area contributed by atoms with Crippen LogP contribution in [0, 0.1) is 0 Å². The molecule has 0 radical (unpaired) electrons. The number of hydrogen-bond acceptors (Lipinski definition) is 6. The zero-order valence-corrected chi connectivity index (χ0v) is 12.6. The van der Waals surface area contributed by atoms with Crippen molar-refractivity contribution in [3.05, 3.63) is 11.9 Å². The van der Waals surface area contributed by atoms with Crippen LogP contribution in [0.2, 0.25) is 0 Å². The first kappa shape index (κ1) is 15.0. The molecule has 1 heterocycles. The van der Waals surface area contributed by atoms with Crippen molar-refractivity contribution in [2.24, 2.45) is 5.84 Å². The third-order valence-electron chi connectivity index (χ3n) is 3.77. The van der Waals surface area contributed by atoms with E-state index in [4.69, 9.17) is 15.6 Å². The second kappa shape index (κ2) is 6.85. The zero-order valence-electron chi connectivity index (χ0n) is 12.6. The minimum absolute atomic E-state index is 0.401. The zero-order chi connectivity index (χ0) is 14.5. The van der Waals surface area contributed by atoms with Crippen molar-refractivity contribution >= 4 is 11.6 Å². The molecule has 0 amide bonds. The van der Waals surface area contributed by atoms with Gasteiger partial charge >= 0.3 is 0 Å². The van der Waals surface area contributed by atoms with Crippen molar-refractivity contribution < 1.29 is 4.74 Å². The largest absolute Gasteiger partial charge is 0.383 e. The van der Waals surface area contributed by atoms with Crippen LogP contribution < -0.4 is 16.2 Å². The highest BCUT2D eigenvalue weighted by Gasteiger charge is 2.28. The average molecular weight is 279 g/mol. The number of hydrogen-bond donors (Lipinski definition) is 2. The van der Waals surface area contributed by atoms with Crippen LogP contribution in [-0.4, -0.2) is 36.3 Å². The molecule has 0 aliphatic heterocycles. The lowest BCUT2D eigenvalue weighted by atomic mass is 10.2. The first-order valence-electron chi connectivity index (χ1n) is 7.30. The molecule has 1 atom stereocenters. The number of aromatic nitrogens is 2. The van der Waals surface area contributed by atoms with Gasteiger partial charge in [0.15, 0.2) is 0 Å². The summed E-state index contributed by atoms with van der Waals surface area (Å²) in [6.07, 6.45) is 3.40. The highest BCUT2D eigenvalue weighted by atomic mass is 16.5. The Kier molecular flexibility index (Phi) is 5.14. The van der Waals surface area contributed by atoms with Gasteiger partial charge < -0.3 is 15.1 Å². The normalized spacial score (nSPS) is 16.0. The number of nitrogen functional groups attached to an aromatic ring is 1. The molecule has 6 heteroatoms. The van der Waals surface area contributed by atoms with Crippen molar-refractivity contribution in [1.82, 2.24) is 9.97 Å². The molecule has 20 heavy (non-hydrogen) atoms. The molecule has 0 saturated heterocycles. The highest BCUT2D eigenvalue weighted by Crippen LogP contribution is 2.39. The van der Waals surface area contributed by atoms with Crippen LogP contribution in [0.1, 0.15) is 44.9 Å². The standard InChI is InChI=1S/C14H25N5O/c1-4-10(2)19(7-8-20-3)13-9-12(18-15)16-14(17-13)11-5-6-11/h9-11H,4-8,15H2,1-3H3,(H,16,17,18). The van der Waals surface area contributed by atoms with Gasteiger partial charge in [-0.25, -0.2) is 15.8 Å². The third-order valence-corrected chi connectivity index (χ3v) is 3.77. The maximum absolute atomic E-state index is 5.53. The number of rotatable bonds is 8. The van der Waals surface area contributed by atoms with Crippen molar-refractivity contribution in [3.63, 3.8) is 0 Å². The molecule has 1 saturated carbocycles. The maximum Gasteiger partial charge on any atom is 0.145 e. The van der Waals surface area contributed by atoms with Gasteiger partial charge in [-0.3, -0.25) is 0 Å². The van der Waals surface area contributed by atoms with E-state index in [1.807, 2.05) is 6.07 Å². The summed E-state index contributed by atoms with van der Waals surface area (Å²) >= 11 is 0. The van der Waals surface area contributed by atoms with E-state index in [1.165, 1.54) is 12.8 Å². The Balaban J connectivity index is 2.27. The van der Waals surface area contributed by atoms with E-state index < -0.39 is 0 Å². The van der Waals surface area contributed by atoms with Gasteiger partial charge in [0.1, 0.15) is 17.5 Å². The van der Waals surface area contributed by atoms with Gasteiger partial charge in [-0.05, 0) is 26.2 Å². The maximum atomic E-state index is 5.53. The van der Waals surface area contributed by atoms with Gasteiger partial charge in [0, 0.05) is 31.7 Å². The van der Waals surface area contributed by atoms with Crippen molar-refractivity contribution in [1.29, 1.82) is 0 Å². The molecule has 3 N–H and O–H groups in total. The fourth-order valence-electron chi connectivity index (χ4n) is 2.17. The van der Waals surface area contributed by atoms with Gasteiger partial charge in [0.2, 0.25) is 0 Å². The lowest BCUT2D eigenvalue weighted by molar-refractivity contribution is 0.203. The van der Waals surface area contributed by atoms with E-state index in [2.05, 4.69) is 29.2 Å². The van der Waals surface area contributed by atoms with E-state index in [0.29, 0.717) is 24.4 Å². The summed E-state index contributed by atoms with van der Waals surface area (Å²) in [4.78, 5) is 11.4. The summed E-state index contributed by atoms with van der Waals surface area (Å²) in [6, 6.07) is 2.31. The van der Waals surface area contributed by atoms with Crippen LogP contribution in [0.5, 0.6) is 0 Å². The van der Waals surface area contributed by atoms with Gasteiger partial charge in [-0.15, -0.1) is 0 Å². The number of hydrazine groups is 1. The molecular formula is C14H25N5O. The molecule has 1 aromatic heterocycles. The number of nitrogens with zero attached hydrogens (tertiary/aromatic N) is 3. The molecule has 1 aliphatic rings. The lowest BCUT2D eigenvalue weighted by Crippen LogP contribution is -2.36. The van der Waals surface area contributed by atoms with E-state index in [9.17, 15) is 0 Å². The van der Waals surface area contributed by atoms with Gasteiger partial charge in [0.05, 0.1) is 6.61 Å². The molecule has 1 fully saturated rings. The summed E-state index contributed by atoms with van der Waals surface area (Å²) in [5.74, 6) is 8.56. The first-order valence-corrected chi connectivity index (χ1v) is 7.30. The Hall–Kier alpha value is -1.40. The molecule has 1 unspecified atom stereocenters. The molecule has 0 aromatic carbocycles. The quantitative estimate of drug-likeness (QED) is 0.559. The minimum Gasteiger partial charge on any atom is -0.383 e. The van der Waals surface area contributed by atoms with Crippen LogP contribution in [-0.2, 0) is 4.74 Å². The van der Waals surface area contributed by atoms with Crippen LogP contribution in [0.3, 0.4) is 0 Å². The Morgan fingerprint density at radius 3 is 2.80 bits per heavy atom. The summed E-state index contributed by atoms with van der Waals surface area (Å²) in [6.45, 7) is 5.87. The molecule has 1 aromatic rings. The Morgan fingerprint density at radius 2 is 2.25 bits per heavy atom. The topological polar surface area (TPSA) is 76.3 Å². The molecule has 6 nitrogen and oxygen atoms in total. The van der Waals surface area contributed by atoms with E-state index in [0.717, 1.165) is 24.6 Å². The second-order valence-electron chi connectivity index (χ2n) is 5.33. The number of methoxy groups -OCH3 is 1. The van der Waals surface area contributed by atoms with E-state index in [1.54, 1.807) is 7.11 Å². The van der Waals surface area contributed by atoms with Gasteiger partial charge in [-0.2, -0.15) is 0 Å². The number of nitrogens with one attached hydrogen (secondary N) is 1. The van der Waals surface area contributed by atoms with Crippen LogP contribution >= 0.6 is 0 Å². The van der Waals surface area contributed by atoms with Crippen LogP contribution in [0.25, 0.3) is 0 Å². The Morgan fingerprint density at radius 1 is 1.50 bits per heavy atom. The minimum atomic E-state index is 0.401. The predicted molar refractivity (Wildman–Crippen MR) is 80.8 cm³/mol. The SMILES string of the molecule is CCC(C)N(CCOC)c1cc(NN)nc(C2CC2)n1. The molecular weight excluding hydrogens is 254 g/mol. The monoisotopic (exact) mass is 279 g/mol. The summed E-state index contributed by atoms with van der Waals surface area (Å²) in [5, 5.41) is 0. The third kappa shape index (κ3) is 3.58. The Bertz CT molecular complexity index is 436. The average Bonchev–Trinajstić information content (AvgIpc) is 3.31. The summed E-state index contributed by atoms with van der Waals surface area (Å²) in [7, 11) is 1.72. The molecule has 0 spiro atoms.